The molecule has 2 rings (SSSR count). The summed E-state index contributed by atoms with van der Waals surface area (Å²) in [6.07, 6.45) is 5.80. The predicted molar refractivity (Wildman–Crippen MR) is 61.4 cm³/mol. The van der Waals surface area contributed by atoms with Crippen LogP contribution in [0.4, 0.5) is 0 Å². The second-order valence-corrected chi connectivity index (χ2v) is 4.93. The third-order valence-corrected chi connectivity index (χ3v) is 3.74. The molecule has 0 amide bonds. The second-order valence-electron chi connectivity index (χ2n) is 4.93. The van der Waals surface area contributed by atoms with E-state index in [1.807, 2.05) is 12.3 Å². The summed E-state index contributed by atoms with van der Waals surface area (Å²) in [5.74, 6) is 1.76. The van der Waals surface area contributed by atoms with Crippen molar-refractivity contribution in [3.05, 3.63) is 18.0 Å². The molecule has 1 saturated carbocycles. The summed E-state index contributed by atoms with van der Waals surface area (Å²) in [6, 6.07) is 2.72. The van der Waals surface area contributed by atoms with Crippen molar-refractivity contribution in [2.75, 3.05) is 0 Å². The van der Waals surface area contributed by atoms with Crippen molar-refractivity contribution in [1.29, 1.82) is 0 Å². The number of rotatable bonds is 3. The summed E-state index contributed by atoms with van der Waals surface area (Å²) in [4.78, 5) is 0. The molecule has 3 heteroatoms. The molecule has 1 aliphatic rings. The lowest BCUT2D eigenvalue weighted by Gasteiger charge is -2.32. The molecule has 3 unspecified atom stereocenters. The Morgan fingerprint density at radius 2 is 2.27 bits per heavy atom. The highest BCUT2D eigenvalue weighted by Gasteiger charge is 2.23. The standard InChI is InChI=1S/C12H21N3/c1-9-3-4-11(7-10(9)2)13-8-12-5-6-14-15-12/h5-6,9-11,13H,3-4,7-8H2,1-2H3,(H,14,15). The first-order valence-corrected chi connectivity index (χ1v) is 5.97. The molecule has 3 atom stereocenters. The highest BCUT2D eigenvalue weighted by Crippen LogP contribution is 2.29. The van der Waals surface area contributed by atoms with Gasteiger partial charge in [0.15, 0.2) is 0 Å². The van der Waals surface area contributed by atoms with Crippen LogP contribution in [0.5, 0.6) is 0 Å². The number of H-pyrrole nitrogens is 1. The molecule has 0 saturated heterocycles. The minimum Gasteiger partial charge on any atom is -0.308 e. The van der Waals surface area contributed by atoms with Gasteiger partial charge in [0.25, 0.3) is 0 Å². The van der Waals surface area contributed by atoms with Crippen LogP contribution in [0.15, 0.2) is 12.3 Å². The van der Waals surface area contributed by atoms with Crippen molar-refractivity contribution in [3.63, 3.8) is 0 Å². The van der Waals surface area contributed by atoms with Gasteiger partial charge in [-0.15, -0.1) is 0 Å². The van der Waals surface area contributed by atoms with E-state index in [4.69, 9.17) is 0 Å². The van der Waals surface area contributed by atoms with E-state index >= 15 is 0 Å². The lowest BCUT2D eigenvalue weighted by Crippen LogP contribution is -2.35. The molecule has 0 spiro atoms. The monoisotopic (exact) mass is 207 g/mol. The highest BCUT2D eigenvalue weighted by atomic mass is 15.1. The van der Waals surface area contributed by atoms with Crippen LogP contribution in [-0.4, -0.2) is 16.2 Å². The van der Waals surface area contributed by atoms with Gasteiger partial charge in [0.2, 0.25) is 0 Å². The van der Waals surface area contributed by atoms with Crippen molar-refractivity contribution in [2.24, 2.45) is 11.8 Å². The zero-order chi connectivity index (χ0) is 10.7. The zero-order valence-corrected chi connectivity index (χ0v) is 9.66. The molecule has 1 fully saturated rings. The van der Waals surface area contributed by atoms with Gasteiger partial charge in [-0.3, -0.25) is 5.10 Å². The molecule has 15 heavy (non-hydrogen) atoms. The van der Waals surface area contributed by atoms with Gasteiger partial charge < -0.3 is 5.32 Å². The fourth-order valence-corrected chi connectivity index (χ4v) is 2.37. The van der Waals surface area contributed by atoms with E-state index in [-0.39, 0.29) is 0 Å². The quantitative estimate of drug-likeness (QED) is 0.798. The molecule has 0 aliphatic heterocycles. The van der Waals surface area contributed by atoms with E-state index in [9.17, 15) is 0 Å². The lowest BCUT2D eigenvalue weighted by atomic mass is 9.79. The van der Waals surface area contributed by atoms with Crippen LogP contribution < -0.4 is 5.32 Å². The Hall–Kier alpha value is -0.830. The van der Waals surface area contributed by atoms with Crippen LogP contribution in [0.2, 0.25) is 0 Å². The van der Waals surface area contributed by atoms with Crippen LogP contribution in [0.1, 0.15) is 38.8 Å². The first-order chi connectivity index (χ1) is 7.25. The van der Waals surface area contributed by atoms with E-state index in [2.05, 4.69) is 29.4 Å². The van der Waals surface area contributed by atoms with Crippen LogP contribution >= 0.6 is 0 Å². The van der Waals surface area contributed by atoms with Crippen LogP contribution in [0.3, 0.4) is 0 Å². The molecule has 84 valence electrons. The average molecular weight is 207 g/mol. The van der Waals surface area contributed by atoms with E-state index in [0.29, 0.717) is 6.04 Å². The number of hydrogen-bond donors (Lipinski definition) is 2. The third-order valence-electron chi connectivity index (χ3n) is 3.74. The Morgan fingerprint density at radius 3 is 2.93 bits per heavy atom. The summed E-state index contributed by atoms with van der Waals surface area (Å²) in [7, 11) is 0. The molecule has 1 aromatic heterocycles. The van der Waals surface area contributed by atoms with Crippen molar-refractivity contribution in [3.8, 4) is 0 Å². The Labute approximate surface area is 91.7 Å². The Morgan fingerprint density at radius 1 is 1.40 bits per heavy atom. The van der Waals surface area contributed by atoms with Crippen LogP contribution in [0.25, 0.3) is 0 Å². The first-order valence-electron chi connectivity index (χ1n) is 5.97. The summed E-state index contributed by atoms with van der Waals surface area (Å²) in [6.45, 7) is 5.66. The fraction of sp³-hybridized carbons (Fsp3) is 0.750. The second kappa shape index (κ2) is 4.79. The smallest absolute Gasteiger partial charge is 0.0490 e. The van der Waals surface area contributed by atoms with Crippen molar-refractivity contribution < 1.29 is 0 Å². The Bertz CT molecular complexity index is 281. The maximum atomic E-state index is 3.95. The summed E-state index contributed by atoms with van der Waals surface area (Å²) in [5.41, 5.74) is 1.18. The summed E-state index contributed by atoms with van der Waals surface area (Å²) in [5, 5.41) is 10.5. The number of nitrogens with one attached hydrogen (secondary N) is 2. The summed E-state index contributed by atoms with van der Waals surface area (Å²) >= 11 is 0. The fourth-order valence-electron chi connectivity index (χ4n) is 2.37. The normalized spacial score (nSPS) is 31.7. The maximum absolute atomic E-state index is 3.95. The van der Waals surface area contributed by atoms with Crippen molar-refractivity contribution in [2.45, 2.75) is 45.7 Å². The van der Waals surface area contributed by atoms with E-state index in [1.165, 1.54) is 25.0 Å². The highest BCUT2D eigenvalue weighted by molar-refractivity contribution is 4.97. The van der Waals surface area contributed by atoms with Crippen LogP contribution in [-0.2, 0) is 6.54 Å². The molecule has 0 bridgehead atoms. The molecular weight excluding hydrogens is 186 g/mol. The van der Waals surface area contributed by atoms with Gasteiger partial charge in [0.05, 0.1) is 0 Å². The molecule has 0 radical (unpaired) electrons. The number of hydrogen-bond acceptors (Lipinski definition) is 2. The average Bonchev–Trinajstić information content (AvgIpc) is 2.73. The largest absolute Gasteiger partial charge is 0.308 e. The topological polar surface area (TPSA) is 40.7 Å². The lowest BCUT2D eigenvalue weighted by molar-refractivity contribution is 0.225. The predicted octanol–water partition coefficient (Wildman–Crippen LogP) is 2.32. The molecule has 1 aromatic rings. The van der Waals surface area contributed by atoms with Crippen molar-refractivity contribution in [1.82, 2.24) is 15.5 Å². The number of nitrogens with zero attached hydrogens (tertiary/aromatic N) is 1. The molecule has 3 nitrogen and oxygen atoms in total. The molecule has 1 heterocycles. The molecule has 0 aromatic carbocycles. The van der Waals surface area contributed by atoms with E-state index in [1.54, 1.807) is 0 Å². The van der Waals surface area contributed by atoms with Gasteiger partial charge in [0.1, 0.15) is 0 Å². The minimum absolute atomic E-state index is 0.694. The van der Waals surface area contributed by atoms with Gasteiger partial charge in [-0.25, -0.2) is 0 Å². The third kappa shape index (κ3) is 2.81. The molecular formula is C12H21N3. The minimum atomic E-state index is 0.694. The van der Waals surface area contributed by atoms with Gasteiger partial charge in [0, 0.05) is 24.5 Å². The number of aromatic amines is 1. The number of aromatic nitrogens is 2. The van der Waals surface area contributed by atoms with Gasteiger partial charge in [-0.1, -0.05) is 13.8 Å². The van der Waals surface area contributed by atoms with Gasteiger partial charge in [-0.05, 0) is 37.2 Å². The van der Waals surface area contributed by atoms with E-state index < -0.39 is 0 Å². The van der Waals surface area contributed by atoms with E-state index in [0.717, 1.165) is 18.4 Å². The van der Waals surface area contributed by atoms with Crippen LogP contribution in [0, 0.1) is 11.8 Å². The summed E-state index contributed by atoms with van der Waals surface area (Å²) < 4.78 is 0. The molecule has 2 N–H and O–H groups in total. The molecule has 1 aliphatic carbocycles. The SMILES string of the molecule is CC1CCC(NCc2ccn[nH]2)CC1C. The Kier molecular flexibility index (Phi) is 3.41. The maximum Gasteiger partial charge on any atom is 0.0490 e. The van der Waals surface area contributed by atoms with Gasteiger partial charge in [-0.2, -0.15) is 5.10 Å². The van der Waals surface area contributed by atoms with Gasteiger partial charge >= 0.3 is 0 Å². The Balaban J connectivity index is 1.76. The first kappa shape index (κ1) is 10.7. The zero-order valence-electron chi connectivity index (χ0n) is 9.66. The van der Waals surface area contributed by atoms with Crippen molar-refractivity contribution >= 4 is 0 Å².